The van der Waals surface area contributed by atoms with Gasteiger partial charge < -0.3 is 20.4 Å². The van der Waals surface area contributed by atoms with E-state index in [4.69, 9.17) is 0 Å². The van der Waals surface area contributed by atoms with Crippen LogP contribution in [0.5, 0.6) is 23.0 Å². The normalized spacial score (nSPS) is 21.2. The van der Waals surface area contributed by atoms with Gasteiger partial charge in [0.05, 0.1) is 0 Å². The molecule has 0 saturated heterocycles. The van der Waals surface area contributed by atoms with Crippen molar-refractivity contribution in [1.82, 2.24) is 0 Å². The quantitative estimate of drug-likeness (QED) is 0.113. The molecular weight excluding hydrogens is 677 g/mol. The second-order valence-corrected chi connectivity index (χ2v) is 16.5. The number of phenolic OH excluding ortho intramolecular Hbond substituents is 4. The first-order valence-electron chi connectivity index (χ1n) is 19.7. The second kappa shape index (κ2) is 14.3. The third kappa shape index (κ3) is 5.47. The maximum absolute atomic E-state index is 10.9. The van der Waals surface area contributed by atoms with Gasteiger partial charge in [0.25, 0.3) is 0 Å². The molecule has 3 atom stereocenters. The summed E-state index contributed by atoms with van der Waals surface area (Å²) >= 11 is 0. The van der Waals surface area contributed by atoms with E-state index < -0.39 is 27.1 Å². The zero-order valence-corrected chi connectivity index (χ0v) is 32.7. The van der Waals surface area contributed by atoms with Gasteiger partial charge in [0, 0.05) is 21.7 Å². The minimum absolute atomic E-state index is 0.199. The lowest BCUT2D eigenvalue weighted by atomic mass is 9.25. The topological polar surface area (TPSA) is 80.9 Å². The van der Waals surface area contributed by atoms with Crippen LogP contribution in [-0.4, -0.2) is 20.4 Å². The van der Waals surface area contributed by atoms with Crippen molar-refractivity contribution in [2.24, 2.45) is 16.7 Å². The fourth-order valence-corrected chi connectivity index (χ4v) is 12.4. The Morgan fingerprint density at radius 1 is 0.455 bits per heavy atom. The number of hydrogen-bond acceptors (Lipinski definition) is 4. The van der Waals surface area contributed by atoms with E-state index in [9.17, 15) is 20.4 Å². The molecule has 6 aromatic carbocycles. The summed E-state index contributed by atoms with van der Waals surface area (Å²) in [4.78, 5) is 0. The first kappa shape index (κ1) is 37.8. The molecule has 0 spiro atoms. The Morgan fingerprint density at radius 3 is 1.09 bits per heavy atom. The maximum atomic E-state index is 10.9. The van der Waals surface area contributed by atoms with Gasteiger partial charge in [0.1, 0.15) is 23.0 Å². The minimum Gasteiger partial charge on any atom is -0.508 e. The third-order valence-corrected chi connectivity index (χ3v) is 13.5. The molecule has 6 aromatic rings. The van der Waals surface area contributed by atoms with Gasteiger partial charge in [-0.25, -0.2) is 0 Å². The summed E-state index contributed by atoms with van der Waals surface area (Å²) in [5.74, 6) is 1.08. The summed E-state index contributed by atoms with van der Waals surface area (Å²) in [6.45, 7) is 11.9. The Kier molecular flexibility index (Phi) is 9.84. The number of rotatable bonds is 10. The summed E-state index contributed by atoms with van der Waals surface area (Å²) in [5.41, 5.74) is 3.02. The van der Waals surface area contributed by atoms with Crippen molar-refractivity contribution >= 4 is 0 Å². The highest BCUT2D eigenvalue weighted by Gasteiger charge is 2.78. The van der Waals surface area contributed by atoms with Crippen molar-refractivity contribution in [3.63, 3.8) is 0 Å². The van der Waals surface area contributed by atoms with E-state index in [2.05, 4.69) is 144 Å². The second-order valence-electron chi connectivity index (χ2n) is 16.5. The van der Waals surface area contributed by atoms with Crippen LogP contribution in [0.2, 0.25) is 0 Å². The van der Waals surface area contributed by atoms with Gasteiger partial charge in [-0.3, -0.25) is 0 Å². The van der Waals surface area contributed by atoms with Gasteiger partial charge >= 0.3 is 0 Å². The van der Waals surface area contributed by atoms with Crippen molar-refractivity contribution in [3.8, 4) is 23.0 Å². The number of phenols is 4. The minimum atomic E-state index is -0.833. The first-order valence-corrected chi connectivity index (χ1v) is 19.7. The monoisotopic (exact) mass is 730 g/mol. The van der Waals surface area contributed by atoms with Crippen LogP contribution in [0.15, 0.2) is 158 Å². The molecule has 4 nitrogen and oxygen atoms in total. The van der Waals surface area contributed by atoms with E-state index in [0.717, 1.165) is 35.1 Å². The Hall–Kier alpha value is -5.48. The van der Waals surface area contributed by atoms with Crippen molar-refractivity contribution < 1.29 is 20.4 Å². The average Bonchev–Trinajstić information content (AvgIpc) is 3.19. The molecule has 1 saturated carbocycles. The van der Waals surface area contributed by atoms with E-state index in [1.807, 2.05) is 48.5 Å². The maximum Gasteiger partial charge on any atom is 0.115 e. The molecule has 55 heavy (non-hydrogen) atoms. The van der Waals surface area contributed by atoms with Crippen LogP contribution in [0.25, 0.3) is 0 Å². The van der Waals surface area contributed by atoms with Crippen LogP contribution in [0.1, 0.15) is 93.7 Å². The summed E-state index contributed by atoms with van der Waals surface area (Å²) < 4.78 is 0. The summed E-state index contributed by atoms with van der Waals surface area (Å²) in [6, 6.07) is 53.5. The molecule has 1 aliphatic carbocycles. The Balaban J connectivity index is 1.90. The van der Waals surface area contributed by atoms with Gasteiger partial charge in [-0.1, -0.05) is 144 Å². The summed E-state index contributed by atoms with van der Waals surface area (Å²) in [5, 5.41) is 43.7. The molecule has 4 heteroatoms. The highest BCUT2D eigenvalue weighted by molar-refractivity contribution is 5.62. The van der Waals surface area contributed by atoms with Crippen molar-refractivity contribution in [1.29, 1.82) is 0 Å². The number of hydrogen-bond donors (Lipinski definition) is 4. The first-order chi connectivity index (χ1) is 26.4. The van der Waals surface area contributed by atoms with Crippen molar-refractivity contribution in [2.45, 2.75) is 76.5 Å². The molecule has 1 fully saturated rings. The lowest BCUT2D eigenvalue weighted by Gasteiger charge is -2.77. The predicted octanol–water partition coefficient (Wildman–Crippen LogP) is 12.0. The standard InChI is InChI=1S/C51H54O4/c1-6-48(37-14-10-8-11-15-37,39-18-26-43(52)27-19-39)51(49(7-2,38-16-12-9-13-17-38)40-20-28-44(53)29-21-40)47(4,5)34-36(3)35-50(51,41-22-30-45(54)31-23-41)42-24-32-46(55)33-25-42/h8-33,36,52-55H,6-7,34-35H2,1-5H3. The van der Waals surface area contributed by atoms with E-state index in [0.29, 0.717) is 12.8 Å². The van der Waals surface area contributed by atoms with Gasteiger partial charge in [0.2, 0.25) is 0 Å². The van der Waals surface area contributed by atoms with Gasteiger partial charge in [-0.15, -0.1) is 0 Å². The Bertz CT molecular complexity index is 2050. The molecule has 0 radical (unpaired) electrons. The molecule has 0 aliphatic heterocycles. The molecule has 0 bridgehead atoms. The summed E-state index contributed by atoms with van der Waals surface area (Å²) in [6.07, 6.45) is 3.07. The average molecular weight is 731 g/mol. The smallest absolute Gasteiger partial charge is 0.115 e. The van der Waals surface area contributed by atoms with Crippen molar-refractivity contribution in [3.05, 3.63) is 191 Å². The van der Waals surface area contributed by atoms with Crippen molar-refractivity contribution in [2.75, 3.05) is 0 Å². The van der Waals surface area contributed by atoms with Crippen LogP contribution >= 0.6 is 0 Å². The Labute approximate surface area is 326 Å². The third-order valence-electron chi connectivity index (χ3n) is 13.5. The zero-order valence-electron chi connectivity index (χ0n) is 32.7. The molecule has 0 amide bonds. The zero-order chi connectivity index (χ0) is 39.1. The van der Waals surface area contributed by atoms with E-state index in [1.165, 1.54) is 11.1 Å². The molecule has 3 unspecified atom stereocenters. The fourth-order valence-electron chi connectivity index (χ4n) is 12.4. The van der Waals surface area contributed by atoms with Crippen LogP contribution in [-0.2, 0) is 16.2 Å². The molecule has 1 aliphatic rings. The SMILES string of the molecule is CCC(c1ccccc1)(c1ccc(O)cc1)C1(C(CC)(c2ccccc2)c2ccc(O)cc2)C(C)(C)CC(C)CC1(c1ccc(O)cc1)c1ccc(O)cc1. The number of aromatic hydroxyl groups is 4. The van der Waals surface area contributed by atoms with Crippen LogP contribution in [0.4, 0.5) is 0 Å². The van der Waals surface area contributed by atoms with Crippen LogP contribution in [0, 0.1) is 16.7 Å². The highest BCUT2D eigenvalue weighted by Crippen LogP contribution is 2.80. The van der Waals surface area contributed by atoms with Gasteiger partial charge in [-0.2, -0.15) is 0 Å². The van der Waals surface area contributed by atoms with Gasteiger partial charge in [-0.05, 0) is 119 Å². The molecule has 0 heterocycles. The van der Waals surface area contributed by atoms with Crippen LogP contribution < -0.4 is 0 Å². The van der Waals surface area contributed by atoms with Gasteiger partial charge in [0.15, 0.2) is 0 Å². The lowest BCUT2D eigenvalue weighted by Crippen LogP contribution is -2.76. The number of benzene rings is 6. The molecular formula is C51H54O4. The van der Waals surface area contributed by atoms with E-state index >= 15 is 0 Å². The van der Waals surface area contributed by atoms with E-state index in [-0.39, 0.29) is 28.9 Å². The molecule has 4 N–H and O–H groups in total. The largest absolute Gasteiger partial charge is 0.508 e. The van der Waals surface area contributed by atoms with Crippen LogP contribution in [0.3, 0.4) is 0 Å². The fraction of sp³-hybridized carbons (Fsp3) is 0.294. The predicted molar refractivity (Wildman–Crippen MR) is 223 cm³/mol. The lowest BCUT2D eigenvalue weighted by molar-refractivity contribution is -0.163. The highest BCUT2D eigenvalue weighted by atomic mass is 16.3. The van der Waals surface area contributed by atoms with E-state index in [1.54, 1.807) is 0 Å². The molecule has 0 aromatic heterocycles. The summed E-state index contributed by atoms with van der Waals surface area (Å²) in [7, 11) is 0. The molecule has 282 valence electrons. The Morgan fingerprint density at radius 2 is 0.764 bits per heavy atom. The molecule has 7 rings (SSSR count).